The summed E-state index contributed by atoms with van der Waals surface area (Å²) in [6.45, 7) is 6.99. The Morgan fingerprint density at radius 2 is 1.96 bits per heavy atom. The highest BCUT2D eigenvalue weighted by Crippen LogP contribution is 2.23. The molecule has 1 aliphatic rings. The first-order chi connectivity index (χ1) is 11.0. The van der Waals surface area contributed by atoms with Gasteiger partial charge in [0.25, 0.3) is 0 Å². The molecule has 1 N–H and O–H groups in total. The zero-order chi connectivity index (χ0) is 16.8. The number of rotatable bonds is 4. The van der Waals surface area contributed by atoms with Gasteiger partial charge in [-0.2, -0.15) is 0 Å². The number of ether oxygens (including phenoxy) is 1. The van der Waals surface area contributed by atoms with Crippen molar-refractivity contribution in [1.82, 2.24) is 9.80 Å². The molecule has 1 saturated heterocycles. The summed E-state index contributed by atoms with van der Waals surface area (Å²) in [6.07, 6.45) is -0.278. The minimum absolute atomic E-state index is 0.0564. The molecule has 1 fully saturated rings. The van der Waals surface area contributed by atoms with Gasteiger partial charge in [0, 0.05) is 30.7 Å². The zero-order valence-corrected chi connectivity index (χ0v) is 15.1. The van der Waals surface area contributed by atoms with Crippen LogP contribution in [0.15, 0.2) is 22.7 Å². The van der Waals surface area contributed by atoms with Crippen molar-refractivity contribution in [3.05, 3.63) is 28.2 Å². The molecule has 0 spiro atoms. The predicted octanol–water partition coefficient (Wildman–Crippen LogP) is 2.47. The van der Waals surface area contributed by atoms with Gasteiger partial charge in [-0.25, -0.2) is 4.79 Å². The van der Waals surface area contributed by atoms with Gasteiger partial charge >= 0.3 is 6.09 Å². The molecule has 0 saturated carbocycles. The average Bonchev–Trinajstić information content (AvgIpc) is 2.51. The van der Waals surface area contributed by atoms with Gasteiger partial charge in [0.05, 0.1) is 18.8 Å². The number of anilines is 1. The van der Waals surface area contributed by atoms with E-state index >= 15 is 0 Å². The number of amides is 2. The van der Waals surface area contributed by atoms with E-state index in [2.05, 4.69) is 21.2 Å². The number of aryl methyl sites for hydroxylation is 1. The molecule has 0 radical (unpaired) electrons. The Morgan fingerprint density at radius 3 is 2.57 bits per heavy atom. The summed E-state index contributed by atoms with van der Waals surface area (Å²) in [7, 11) is 0. The zero-order valence-electron chi connectivity index (χ0n) is 13.5. The highest BCUT2D eigenvalue weighted by Gasteiger charge is 2.23. The monoisotopic (exact) mass is 383 g/mol. The van der Waals surface area contributed by atoms with Crippen LogP contribution >= 0.6 is 15.9 Å². The molecule has 0 aromatic heterocycles. The first-order valence-electron chi connectivity index (χ1n) is 7.69. The van der Waals surface area contributed by atoms with Crippen LogP contribution in [-0.2, 0) is 9.53 Å². The van der Waals surface area contributed by atoms with Crippen LogP contribution in [0.3, 0.4) is 0 Å². The summed E-state index contributed by atoms with van der Waals surface area (Å²) in [5.41, 5.74) is 1.90. The van der Waals surface area contributed by atoms with Crippen molar-refractivity contribution in [3.63, 3.8) is 0 Å². The number of piperazine rings is 1. The number of benzene rings is 1. The summed E-state index contributed by atoms with van der Waals surface area (Å²) in [6, 6.07) is 5.81. The third-order valence-electron chi connectivity index (χ3n) is 3.66. The molecule has 1 aromatic carbocycles. The lowest BCUT2D eigenvalue weighted by atomic mass is 10.2. The molecular formula is C16H22BrN3O3. The molecule has 126 valence electrons. The molecule has 1 heterocycles. The number of halogens is 1. The minimum atomic E-state index is -0.278. The molecule has 0 aliphatic carbocycles. The lowest BCUT2D eigenvalue weighted by Crippen LogP contribution is -2.50. The molecular weight excluding hydrogens is 362 g/mol. The van der Waals surface area contributed by atoms with E-state index in [4.69, 9.17) is 4.74 Å². The van der Waals surface area contributed by atoms with E-state index in [9.17, 15) is 9.59 Å². The minimum Gasteiger partial charge on any atom is -0.450 e. The van der Waals surface area contributed by atoms with Crippen LogP contribution in [0.1, 0.15) is 12.5 Å². The van der Waals surface area contributed by atoms with E-state index in [0.29, 0.717) is 39.3 Å². The fourth-order valence-electron chi connectivity index (χ4n) is 2.42. The highest BCUT2D eigenvalue weighted by molar-refractivity contribution is 9.10. The lowest BCUT2D eigenvalue weighted by molar-refractivity contribution is -0.117. The summed E-state index contributed by atoms with van der Waals surface area (Å²) >= 11 is 3.45. The molecule has 0 unspecified atom stereocenters. The van der Waals surface area contributed by atoms with Gasteiger partial charge in [0.1, 0.15) is 0 Å². The van der Waals surface area contributed by atoms with Gasteiger partial charge in [0.2, 0.25) is 5.91 Å². The number of carbonyl (C=O) groups excluding carboxylic acids is 2. The maximum absolute atomic E-state index is 12.2. The van der Waals surface area contributed by atoms with Crippen molar-refractivity contribution >= 4 is 33.6 Å². The number of hydrogen-bond donors (Lipinski definition) is 1. The van der Waals surface area contributed by atoms with Gasteiger partial charge < -0.3 is 15.0 Å². The molecule has 0 atom stereocenters. The number of nitrogens with zero attached hydrogens (tertiary/aromatic N) is 2. The number of hydrogen-bond acceptors (Lipinski definition) is 4. The van der Waals surface area contributed by atoms with E-state index in [1.165, 1.54) is 0 Å². The van der Waals surface area contributed by atoms with Crippen molar-refractivity contribution in [2.45, 2.75) is 13.8 Å². The Hall–Kier alpha value is -1.60. The smallest absolute Gasteiger partial charge is 0.409 e. The standard InChI is InChI=1S/C16H22BrN3O3/c1-3-23-16(22)20-8-6-19(7-9-20)11-15(21)18-14-5-4-12(2)10-13(14)17/h4-5,10H,3,6-9,11H2,1-2H3,(H,18,21). The Bertz CT molecular complexity index is 572. The first kappa shape index (κ1) is 17.7. The first-order valence-corrected chi connectivity index (χ1v) is 8.49. The van der Waals surface area contributed by atoms with Crippen LogP contribution in [0.5, 0.6) is 0 Å². The van der Waals surface area contributed by atoms with Gasteiger partial charge in [-0.15, -0.1) is 0 Å². The maximum atomic E-state index is 12.2. The van der Waals surface area contributed by atoms with Gasteiger partial charge in [-0.05, 0) is 47.5 Å². The third kappa shape index (κ3) is 5.21. The number of carbonyl (C=O) groups is 2. The second-order valence-corrected chi connectivity index (χ2v) is 6.35. The van der Waals surface area contributed by atoms with Crippen LogP contribution in [-0.4, -0.2) is 61.1 Å². The summed E-state index contributed by atoms with van der Waals surface area (Å²) < 4.78 is 5.86. The van der Waals surface area contributed by atoms with Crippen LogP contribution < -0.4 is 5.32 Å². The van der Waals surface area contributed by atoms with E-state index in [0.717, 1.165) is 15.7 Å². The highest BCUT2D eigenvalue weighted by atomic mass is 79.9. The molecule has 2 amide bonds. The van der Waals surface area contributed by atoms with Gasteiger partial charge in [0.15, 0.2) is 0 Å². The SMILES string of the molecule is CCOC(=O)N1CCN(CC(=O)Nc2ccc(C)cc2Br)CC1. The second-order valence-electron chi connectivity index (χ2n) is 5.49. The summed E-state index contributed by atoms with van der Waals surface area (Å²) in [5.74, 6) is -0.0564. The van der Waals surface area contributed by atoms with Crippen molar-refractivity contribution in [2.24, 2.45) is 0 Å². The van der Waals surface area contributed by atoms with E-state index in [1.807, 2.05) is 30.0 Å². The van der Waals surface area contributed by atoms with Crippen molar-refractivity contribution in [1.29, 1.82) is 0 Å². The van der Waals surface area contributed by atoms with Crippen LogP contribution in [0, 0.1) is 6.92 Å². The molecule has 1 aliphatic heterocycles. The molecule has 23 heavy (non-hydrogen) atoms. The second kappa shape index (κ2) is 8.31. The van der Waals surface area contributed by atoms with Gasteiger partial charge in [-0.3, -0.25) is 9.69 Å². The normalized spacial score (nSPS) is 15.3. The Balaban J connectivity index is 1.79. The van der Waals surface area contributed by atoms with Crippen molar-refractivity contribution in [3.8, 4) is 0 Å². The van der Waals surface area contributed by atoms with E-state index in [-0.39, 0.29) is 12.0 Å². The fraction of sp³-hybridized carbons (Fsp3) is 0.500. The topological polar surface area (TPSA) is 61.9 Å². The van der Waals surface area contributed by atoms with Crippen molar-refractivity contribution in [2.75, 3.05) is 44.6 Å². The molecule has 6 nitrogen and oxygen atoms in total. The molecule has 1 aromatic rings. The third-order valence-corrected chi connectivity index (χ3v) is 4.32. The summed E-state index contributed by atoms with van der Waals surface area (Å²) in [4.78, 5) is 27.5. The van der Waals surface area contributed by atoms with E-state index in [1.54, 1.807) is 11.8 Å². The summed E-state index contributed by atoms with van der Waals surface area (Å²) in [5, 5.41) is 2.91. The lowest BCUT2D eigenvalue weighted by Gasteiger charge is -2.33. The maximum Gasteiger partial charge on any atom is 0.409 e. The molecule has 0 bridgehead atoms. The molecule has 7 heteroatoms. The van der Waals surface area contributed by atoms with E-state index < -0.39 is 0 Å². The largest absolute Gasteiger partial charge is 0.450 e. The quantitative estimate of drug-likeness (QED) is 0.867. The fourth-order valence-corrected chi connectivity index (χ4v) is 3.01. The van der Waals surface area contributed by atoms with Crippen LogP contribution in [0.2, 0.25) is 0 Å². The van der Waals surface area contributed by atoms with Crippen LogP contribution in [0.4, 0.5) is 10.5 Å². The van der Waals surface area contributed by atoms with Gasteiger partial charge in [-0.1, -0.05) is 6.07 Å². The molecule has 2 rings (SSSR count). The Morgan fingerprint density at radius 1 is 1.26 bits per heavy atom. The van der Waals surface area contributed by atoms with Crippen LogP contribution in [0.25, 0.3) is 0 Å². The van der Waals surface area contributed by atoms with Crippen molar-refractivity contribution < 1.29 is 14.3 Å². The predicted molar refractivity (Wildman–Crippen MR) is 92.5 cm³/mol. The average molecular weight is 384 g/mol. The Kier molecular flexibility index (Phi) is 6.41. The number of nitrogens with one attached hydrogen (secondary N) is 1. The Labute approximate surface area is 144 Å².